The molecule has 2 rings (SSSR count). The first-order valence-electron chi connectivity index (χ1n) is 7.45. The fraction of sp³-hybridized carbons (Fsp3) is 0.562. The fourth-order valence-electron chi connectivity index (χ4n) is 2.63. The summed E-state index contributed by atoms with van der Waals surface area (Å²) in [4.78, 5) is 14.1. The summed E-state index contributed by atoms with van der Waals surface area (Å²) in [6.07, 6.45) is 2.03. The molecule has 116 valence electrons. The number of hydrogen-bond acceptors (Lipinski definition) is 2. The predicted molar refractivity (Wildman–Crippen MR) is 78.1 cm³/mol. The molecule has 1 fully saturated rings. The molecule has 0 aliphatic carbocycles. The van der Waals surface area contributed by atoms with E-state index in [2.05, 4.69) is 19.2 Å². The van der Waals surface area contributed by atoms with Crippen LogP contribution in [-0.2, 0) is 0 Å². The second-order valence-electron chi connectivity index (χ2n) is 5.95. The summed E-state index contributed by atoms with van der Waals surface area (Å²) in [7, 11) is 0. The number of halogens is 2. The number of rotatable bonds is 4. The molecule has 1 atom stereocenters. The molecule has 1 aliphatic heterocycles. The number of carbonyl (C=O) groups excluding carboxylic acids is 1. The summed E-state index contributed by atoms with van der Waals surface area (Å²) in [5, 5.41) is 3.38. The van der Waals surface area contributed by atoms with Gasteiger partial charge in [0.2, 0.25) is 0 Å². The number of benzene rings is 1. The molecule has 1 N–H and O–H groups in total. The van der Waals surface area contributed by atoms with Gasteiger partial charge in [0.25, 0.3) is 5.91 Å². The molecule has 0 bridgehead atoms. The molecule has 1 amide bonds. The molecular formula is C16H22F2N2O. The molecule has 1 aliphatic rings. The quantitative estimate of drug-likeness (QED) is 0.926. The van der Waals surface area contributed by atoms with Crippen LogP contribution < -0.4 is 5.32 Å². The van der Waals surface area contributed by atoms with Crippen LogP contribution in [-0.4, -0.2) is 36.5 Å². The summed E-state index contributed by atoms with van der Waals surface area (Å²) in [6.45, 7) is 6.40. The van der Waals surface area contributed by atoms with Gasteiger partial charge in [-0.25, -0.2) is 8.78 Å². The number of nitrogens with one attached hydrogen (secondary N) is 1. The van der Waals surface area contributed by atoms with Crippen LogP contribution in [0.1, 0.15) is 37.0 Å². The Morgan fingerprint density at radius 1 is 1.38 bits per heavy atom. The molecule has 0 saturated carbocycles. The Kier molecular flexibility index (Phi) is 5.28. The van der Waals surface area contributed by atoms with Gasteiger partial charge in [-0.3, -0.25) is 4.79 Å². The van der Waals surface area contributed by atoms with Gasteiger partial charge in [0.05, 0.1) is 0 Å². The van der Waals surface area contributed by atoms with E-state index >= 15 is 0 Å². The van der Waals surface area contributed by atoms with Crippen LogP contribution in [0.2, 0.25) is 0 Å². The monoisotopic (exact) mass is 296 g/mol. The van der Waals surface area contributed by atoms with Crippen LogP contribution in [0.4, 0.5) is 8.78 Å². The minimum Gasteiger partial charge on any atom is -0.338 e. The summed E-state index contributed by atoms with van der Waals surface area (Å²) in [5.74, 6) is -1.71. The van der Waals surface area contributed by atoms with E-state index in [1.165, 1.54) is 6.07 Å². The van der Waals surface area contributed by atoms with E-state index in [9.17, 15) is 13.6 Å². The Labute approximate surface area is 124 Å². The average Bonchev–Trinajstić information content (AvgIpc) is 2.47. The molecule has 1 heterocycles. The highest BCUT2D eigenvalue weighted by Crippen LogP contribution is 2.19. The fourth-order valence-corrected chi connectivity index (χ4v) is 2.63. The second-order valence-corrected chi connectivity index (χ2v) is 5.95. The minimum atomic E-state index is -0.976. The van der Waals surface area contributed by atoms with Crippen LogP contribution in [0.15, 0.2) is 18.2 Å². The zero-order chi connectivity index (χ0) is 15.4. The van der Waals surface area contributed by atoms with Crippen molar-refractivity contribution in [2.75, 3.05) is 19.6 Å². The lowest BCUT2D eigenvalue weighted by Gasteiger charge is -2.33. The molecular weight excluding hydrogens is 274 g/mol. The number of carbonyl (C=O) groups is 1. The van der Waals surface area contributed by atoms with Crippen molar-refractivity contribution in [2.24, 2.45) is 5.92 Å². The van der Waals surface area contributed by atoms with E-state index in [1.54, 1.807) is 4.90 Å². The van der Waals surface area contributed by atoms with Gasteiger partial charge in [0, 0.05) is 24.7 Å². The molecule has 21 heavy (non-hydrogen) atoms. The van der Waals surface area contributed by atoms with Gasteiger partial charge < -0.3 is 10.2 Å². The maximum Gasteiger partial charge on any atom is 0.253 e. The highest BCUT2D eigenvalue weighted by molar-refractivity contribution is 5.94. The normalized spacial score (nSPS) is 19.1. The van der Waals surface area contributed by atoms with Crippen LogP contribution in [0.25, 0.3) is 0 Å². The van der Waals surface area contributed by atoms with Crippen molar-refractivity contribution >= 4 is 5.91 Å². The Bertz CT molecular complexity index is 505. The summed E-state index contributed by atoms with van der Waals surface area (Å²) >= 11 is 0. The Morgan fingerprint density at radius 3 is 2.81 bits per heavy atom. The lowest BCUT2D eigenvalue weighted by atomic mass is 9.97. The van der Waals surface area contributed by atoms with Gasteiger partial charge in [-0.15, -0.1) is 0 Å². The molecule has 3 nitrogen and oxygen atoms in total. The largest absolute Gasteiger partial charge is 0.338 e. The zero-order valence-electron chi connectivity index (χ0n) is 12.5. The molecule has 0 spiro atoms. The molecule has 5 heteroatoms. The molecule has 1 unspecified atom stereocenters. The van der Waals surface area contributed by atoms with Gasteiger partial charge in [0.1, 0.15) is 0 Å². The maximum absolute atomic E-state index is 13.2. The SMILES string of the molecule is CC(C)NCC1CCCN(C(=O)c2ccc(F)c(F)c2)C1. The van der Waals surface area contributed by atoms with Crippen molar-refractivity contribution in [3.8, 4) is 0 Å². The molecule has 1 aromatic rings. The number of likely N-dealkylation sites (tertiary alicyclic amines) is 1. The third kappa shape index (κ3) is 4.24. The van der Waals surface area contributed by atoms with Gasteiger partial charge in [-0.05, 0) is 43.5 Å². The Morgan fingerprint density at radius 2 is 2.14 bits per heavy atom. The first-order chi connectivity index (χ1) is 9.97. The Balaban J connectivity index is 1.99. The summed E-state index contributed by atoms with van der Waals surface area (Å²) in [6, 6.07) is 3.75. The van der Waals surface area contributed by atoms with Crippen molar-refractivity contribution in [3.05, 3.63) is 35.4 Å². The molecule has 0 radical (unpaired) electrons. The maximum atomic E-state index is 13.2. The first kappa shape index (κ1) is 15.9. The van der Waals surface area contributed by atoms with E-state index < -0.39 is 11.6 Å². The third-order valence-electron chi connectivity index (χ3n) is 3.79. The number of hydrogen-bond donors (Lipinski definition) is 1. The van der Waals surface area contributed by atoms with Crippen LogP contribution in [0.3, 0.4) is 0 Å². The minimum absolute atomic E-state index is 0.214. The van der Waals surface area contributed by atoms with Crippen molar-refractivity contribution < 1.29 is 13.6 Å². The van der Waals surface area contributed by atoms with E-state index in [0.29, 0.717) is 25.0 Å². The molecule has 1 aromatic carbocycles. The van der Waals surface area contributed by atoms with Crippen LogP contribution in [0, 0.1) is 17.6 Å². The van der Waals surface area contributed by atoms with Crippen LogP contribution >= 0.6 is 0 Å². The lowest BCUT2D eigenvalue weighted by molar-refractivity contribution is 0.0671. The smallest absolute Gasteiger partial charge is 0.253 e. The highest BCUT2D eigenvalue weighted by atomic mass is 19.2. The van der Waals surface area contributed by atoms with Crippen molar-refractivity contribution in [1.29, 1.82) is 0 Å². The second kappa shape index (κ2) is 6.98. The van der Waals surface area contributed by atoms with Gasteiger partial charge in [-0.2, -0.15) is 0 Å². The highest BCUT2D eigenvalue weighted by Gasteiger charge is 2.25. The topological polar surface area (TPSA) is 32.3 Å². The zero-order valence-corrected chi connectivity index (χ0v) is 12.5. The number of piperidine rings is 1. The van der Waals surface area contributed by atoms with Gasteiger partial charge >= 0.3 is 0 Å². The van der Waals surface area contributed by atoms with Crippen LogP contribution in [0.5, 0.6) is 0 Å². The van der Waals surface area contributed by atoms with Gasteiger partial charge in [-0.1, -0.05) is 13.8 Å². The van der Waals surface area contributed by atoms with Crippen molar-refractivity contribution in [1.82, 2.24) is 10.2 Å². The van der Waals surface area contributed by atoms with E-state index in [1.807, 2.05) is 0 Å². The third-order valence-corrected chi connectivity index (χ3v) is 3.79. The average molecular weight is 296 g/mol. The van der Waals surface area contributed by atoms with E-state index in [0.717, 1.165) is 31.5 Å². The molecule has 0 aromatic heterocycles. The number of nitrogens with zero attached hydrogens (tertiary/aromatic N) is 1. The summed E-state index contributed by atoms with van der Waals surface area (Å²) < 4.78 is 26.2. The van der Waals surface area contributed by atoms with Gasteiger partial charge in [0.15, 0.2) is 11.6 Å². The predicted octanol–water partition coefficient (Wildman–Crippen LogP) is 2.82. The van der Waals surface area contributed by atoms with Crippen molar-refractivity contribution in [3.63, 3.8) is 0 Å². The van der Waals surface area contributed by atoms with Crippen molar-refractivity contribution in [2.45, 2.75) is 32.7 Å². The lowest BCUT2D eigenvalue weighted by Crippen LogP contribution is -2.43. The summed E-state index contributed by atoms with van der Waals surface area (Å²) in [5.41, 5.74) is 0.214. The first-order valence-corrected chi connectivity index (χ1v) is 7.45. The molecule has 1 saturated heterocycles. The Hall–Kier alpha value is -1.49. The van der Waals surface area contributed by atoms with E-state index in [-0.39, 0.29) is 11.5 Å². The number of amides is 1. The standard InChI is InChI=1S/C16H22F2N2O/c1-11(2)19-9-12-4-3-7-20(10-12)16(21)13-5-6-14(17)15(18)8-13/h5-6,8,11-12,19H,3-4,7,9-10H2,1-2H3. The van der Waals surface area contributed by atoms with E-state index in [4.69, 9.17) is 0 Å².